The molecule has 3 nitrogen and oxygen atoms in total. The molecule has 3 aromatic rings. The van der Waals surface area contributed by atoms with Gasteiger partial charge < -0.3 is 5.32 Å². The van der Waals surface area contributed by atoms with Crippen LogP contribution in [0.5, 0.6) is 0 Å². The summed E-state index contributed by atoms with van der Waals surface area (Å²) in [5, 5.41) is 6.68. The van der Waals surface area contributed by atoms with Crippen molar-refractivity contribution in [2.45, 2.75) is 51.5 Å². The molecule has 2 aliphatic heterocycles. The van der Waals surface area contributed by atoms with Crippen molar-refractivity contribution >= 4 is 38.6 Å². The summed E-state index contributed by atoms with van der Waals surface area (Å²) in [6.07, 6.45) is 9.85. The van der Waals surface area contributed by atoms with E-state index in [9.17, 15) is 4.79 Å². The first-order valence-corrected chi connectivity index (χ1v) is 12.4. The van der Waals surface area contributed by atoms with E-state index in [4.69, 9.17) is 0 Å². The van der Waals surface area contributed by atoms with Gasteiger partial charge in [-0.05, 0) is 91.1 Å². The van der Waals surface area contributed by atoms with Crippen LogP contribution in [0.4, 0.5) is 5.69 Å². The summed E-state index contributed by atoms with van der Waals surface area (Å²) >= 11 is 1.80. The minimum absolute atomic E-state index is 0.0445. The molecule has 2 aliphatic rings. The molecular formula is C27H30N2OS. The maximum atomic E-state index is 12.8. The number of fused-ring (bicyclic) bond motifs is 2. The fourth-order valence-electron chi connectivity index (χ4n) is 5.01. The number of nitrogens with one attached hydrogen (secondary N) is 1. The molecular weight excluding hydrogens is 400 g/mol. The summed E-state index contributed by atoms with van der Waals surface area (Å²) in [6.45, 7) is 4.42. The quantitative estimate of drug-likeness (QED) is 0.497. The van der Waals surface area contributed by atoms with Crippen LogP contribution in [-0.2, 0) is 6.42 Å². The lowest BCUT2D eigenvalue weighted by molar-refractivity contribution is 0.102. The number of hydrogen-bond donors (Lipinski definition) is 1. The number of benzene rings is 2. The standard InChI is InChI=1S/C27H30N2OS/c1-2-19-6-5-7-21(16-19)27(30)28-22-10-12-26-24(17-22)25(18-31-26)20-9-11-23-8-3-4-14-29(23)15-13-20/h5-7,10,12-13,16-18,23H,2-4,8-9,11,14-15H2,1H3,(H,28,30). The van der Waals surface area contributed by atoms with E-state index < -0.39 is 0 Å². The van der Waals surface area contributed by atoms with Gasteiger partial charge in [-0.3, -0.25) is 9.69 Å². The van der Waals surface area contributed by atoms with E-state index in [1.165, 1.54) is 59.0 Å². The molecule has 4 heteroatoms. The molecule has 1 fully saturated rings. The first-order chi connectivity index (χ1) is 15.2. The Morgan fingerprint density at radius 2 is 2.10 bits per heavy atom. The third-order valence-electron chi connectivity index (χ3n) is 6.84. The molecule has 31 heavy (non-hydrogen) atoms. The third kappa shape index (κ3) is 4.32. The Morgan fingerprint density at radius 1 is 1.16 bits per heavy atom. The van der Waals surface area contributed by atoms with E-state index in [1.807, 2.05) is 24.3 Å². The van der Waals surface area contributed by atoms with Crippen LogP contribution in [-0.4, -0.2) is 29.9 Å². The third-order valence-corrected chi connectivity index (χ3v) is 7.81. The Hall–Kier alpha value is -2.43. The highest BCUT2D eigenvalue weighted by Gasteiger charge is 2.24. The molecule has 1 unspecified atom stereocenters. The van der Waals surface area contributed by atoms with Crippen LogP contribution in [0.3, 0.4) is 0 Å². The van der Waals surface area contributed by atoms with E-state index in [-0.39, 0.29) is 5.91 Å². The van der Waals surface area contributed by atoms with Gasteiger partial charge in [0.25, 0.3) is 5.91 Å². The number of rotatable bonds is 4. The summed E-state index contributed by atoms with van der Waals surface area (Å²) in [5.41, 5.74) is 5.59. The zero-order valence-electron chi connectivity index (χ0n) is 18.2. The lowest BCUT2D eigenvalue weighted by Crippen LogP contribution is -2.38. The molecule has 0 radical (unpaired) electrons. The molecule has 1 aromatic heterocycles. The van der Waals surface area contributed by atoms with Crippen molar-refractivity contribution in [2.24, 2.45) is 0 Å². The molecule has 0 spiro atoms. The van der Waals surface area contributed by atoms with Crippen LogP contribution in [0.15, 0.2) is 53.9 Å². The van der Waals surface area contributed by atoms with Crippen molar-refractivity contribution in [1.29, 1.82) is 0 Å². The molecule has 160 valence electrons. The lowest BCUT2D eigenvalue weighted by Gasteiger charge is -2.33. The largest absolute Gasteiger partial charge is 0.322 e. The van der Waals surface area contributed by atoms with Gasteiger partial charge in [0.2, 0.25) is 0 Å². The summed E-state index contributed by atoms with van der Waals surface area (Å²) < 4.78 is 1.28. The van der Waals surface area contributed by atoms with Crippen LogP contribution in [0.2, 0.25) is 0 Å². The van der Waals surface area contributed by atoms with E-state index in [0.29, 0.717) is 5.56 Å². The average molecular weight is 431 g/mol. The predicted molar refractivity (Wildman–Crippen MR) is 132 cm³/mol. The number of hydrogen-bond acceptors (Lipinski definition) is 3. The van der Waals surface area contributed by atoms with E-state index in [0.717, 1.165) is 31.1 Å². The zero-order valence-corrected chi connectivity index (χ0v) is 19.0. The second-order valence-corrected chi connectivity index (χ2v) is 9.69. The molecule has 1 atom stereocenters. The minimum atomic E-state index is -0.0445. The van der Waals surface area contributed by atoms with Gasteiger partial charge in [-0.2, -0.15) is 0 Å². The van der Waals surface area contributed by atoms with E-state index >= 15 is 0 Å². The molecule has 0 bridgehead atoms. The fourth-order valence-corrected chi connectivity index (χ4v) is 5.98. The van der Waals surface area contributed by atoms with Crippen LogP contribution in [0, 0.1) is 0 Å². The van der Waals surface area contributed by atoms with Gasteiger partial charge in [-0.1, -0.05) is 31.6 Å². The predicted octanol–water partition coefficient (Wildman–Crippen LogP) is 6.75. The number of allylic oxidation sites excluding steroid dienone is 1. The molecule has 1 N–H and O–H groups in total. The first kappa shape index (κ1) is 20.5. The zero-order chi connectivity index (χ0) is 21.2. The van der Waals surface area contributed by atoms with Gasteiger partial charge in [0.05, 0.1) is 0 Å². The maximum absolute atomic E-state index is 12.8. The van der Waals surface area contributed by atoms with Gasteiger partial charge in [0, 0.05) is 33.9 Å². The van der Waals surface area contributed by atoms with Crippen molar-refractivity contribution in [3.63, 3.8) is 0 Å². The number of aryl methyl sites for hydroxylation is 1. The van der Waals surface area contributed by atoms with Gasteiger partial charge in [0.15, 0.2) is 0 Å². The monoisotopic (exact) mass is 430 g/mol. The topological polar surface area (TPSA) is 32.3 Å². The molecule has 2 aromatic carbocycles. The van der Waals surface area contributed by atoms with Crippen molar-refractivity contribution in [3.05, 3.63) is 70.6 Å². The lowest BCUT2D eigenvalue weighted by atomic mass is 9.95. The highest BCUT2D eigenvalue weighted by molar-refractivity contribution is 7.17. The molecule has 1 amide bonds. The highest BCUT2D eigenvalue weighted by Crippen LogP contribution is 2.37. The number of carbonyl (C=O) groups is 1. The summed E-state index contributed by atoms with van der Waals surface area (Å²) in [4.78, 5) is 15.5. The number of piperidine rings is 1. The number of anilines is 1. The Labute approximate surface area is 188 Å². The molecule has 3 heterocycles. The fraction of sp³-hybridized carbons (Fsp3) is 0.370. The Balaban J connectivity index is 1.39. The molecule has 1 saturated heterocycles. The van der Waals surface area contributed by atoms with E-state index in [2.05, 4.69) is 46.8 Å². The molecule has 0 aliphatic carbocycles. The Kier molecular flexibility index (Phi) is 5.93. The van der Waals surface area contributed by atoms with Crippen LogP contribution >= 0.6 is 11.3 Å². The SMILES string of the molecule is CCc1cccc(C(=O)Nc2ccc3scc(C4=CCN5CCCCC5CC4)c3c2)c1. The second kappa shape index (κ2) is 8.97. The maximum Gasteiger partial charge on any atom is 0.255 e. The van der Waals surface area contributed by atoms with Gasteiger partial charge in [0.1, 0.15) is 0 Å². The average Bonchev–Trinajstić information content (AvgIpc) is 3.10. The van der Waals surface area contributed by atoms with Crippen LogP contribution in [0.25, 0.3) is 15.7 Å². The van der Waals surface area contributed by atoms with Crippen molar-refractivity contribution in [1.82, 2.24) is 4.90 Å². The number of amides is 1. The summed E-state index contributed by atoms with van der Waals surface area (Å²) in [6, 6.07) is 15.0. The Morgan fingerprint density at radius 3 is 3.00 bits per heavy atom. The molecule has 5 rings (SSSR count). The van der Waals surface area contributed by atoms with Crippen molar-refractivity contribution in [2.75, 3.05) is 18.4 Å². The van der Waals surface area contributed by atoms with Gasteiger partial charge in [-0.15, -0.1) is 11.3 Å². The second-order valence-electron chi connectivity index (χ2n) is 8.78. The van der Waals surface area contributed by atoms with Crippen LogP contribution < -0.4 is 5.32 Å². The minimum Gasteiger partial charge on any atom is -0.322 e. The smallest absolute Gasteiger partial charge is 0.255 e. The van der Waals surface area contributed by atoms with E-state index in [1.54, 1.807) is 11.3 Å². The van der Waals surface area contributed by atoms with Crippen molar-refractivity contribution < 1.29 is 4.79 Å². The number of nitrogens with zero attached hydrogens (tertiary/aromatic N) is 1. The van der Waals surface area contributed by atoms with Gasteiger partial charge >= 0.3 is 0 Å². The first-order valence-electron chi connectivity index (χ1n) is 11.6. The highest BCUT2D eigenvalue weighted by atomic mass is 32.1. The van der Waals surface area contributed by atoms with Gasteiger partial charge in [-0.25, -0.2) is 0 Å². The number of thiophene rings is 1. The Bertz CT molecular complexity index is 1130. The number of carbonyl (C=O) groups excluding carboxylic acids is 1. The summed E-state index contributed by atoms with van der Waals surface area (Å²) in [5.74, 6) is -0.0445. The van der Waals surface area contributed by atoms with Crippen LogP contribution in [0.1, 0.15) is 60.5 Å². The molecule has 0 saturated carbocycles. The normalized spacial score (nSPS) is 19.5. The summed E-state index contributed by atoms with van der Waals surface area (Å²) in [7, 11) is 0. The van der Waals surface area contributed by atoms with Crippen molar-refractivity contribution in [3.8, 4) is 0 Å².